The summed E-state index contributed by atoms with van der Waals surface area (Å²) in [6.45, 7) is 5.89. The molecule has 58 heavy (non-hydrogen) atoms. The molecule has 0 bridgehead atoms. The number of hydrogen-bond donors (Lipinski definition) is 0. The van der Waals surface area contributed by atoms with Gasteiger partial charge in [0.1, 0.15) is 0 Å². The summed E-state index contributed by atoms with van der Waals surface area (Å²) in [6.07, 6.45) is 60.4. The molecule has 0 amide bonds. The Kier molecular flexibility index (Phi) is 45.0. The predicted molar refractivity (Wildman–Crippen MR) is 261 cm³/mol. The summed E-state index contributed by atoms with van der Waals surface area (Å²) in [4.78, 5) is 26.5. The van der Waals surface area contributed by atoms with Crippen LogP contribution in [0.1, 0.15) is 271 Å². The average molecular weight is 834 g/mol. The molecule has 0 saturated heterocycles. The second-order valence-corrected chi connectivity index (χ2v) is 21.0. The van der Waals surface area contributed by atoms with E-state index in [1.54, 1.807) is 0 Å². The van der Waals surface area contributed by atoms with E-state index < -0.39 is 8.15 Å². The van der Waals surface area contributed by atoms with Crippen molar-refractivity contribution >= 4 is 19.2 Å². The average Bonchev–Trinajstić information content (AvgIpc) is 3.20. The smallest absolute Gasteiger partial charge is 0.0885 e. The number of allylic oxidation sites excluding steroid dienone is 4. The fourth-order valence-electron chi connectivity index (χ4n) is 7.80. The molecule has 0 unspecified atom stereocenters. The van der Waals surface area contributed by atoms with Crippen LogP contribution in [-0.4, -0.2) is 49.8 Å². The molecule has 0 aromatic heterocycles. The van der Waals surface area contributed by atoms with Gasteiger partial charge in [-0.25, -0.2) is 0 Å². The Morgan fingerprint density at radius 2 is 0.621 bits per heavy atom. The molecule has 0 rings (SSSR count). The van der Waals surface area contributed by atoms with Gasteiger partial charge in [-0.1, -0.05) is 102 Å². The van der Waals surface area contributed by atoms with Crippen molar-refractivity contribution in [1.29, 1.82) is 0 Å². The first kappa shape index (κ1) is 57.2. The van der Waals surface area contributed by atoms with E-state index in [-0.39, 0.29) is 11.0 Å². The summed E-state index contributed by atoms with van der Waals surface area (Å²) in [7, 11) is 4.33. The quantitative estimate of drug-likeness (QED) is 0.0265. The summed E-state index contributed by atoms with van der Waals surface area (Å²) in [5, 5.41) is 0. The summed E-state index contributed by atoms with van der Waals surface area (Å²) in [5.41, 5.74) is 0.231. The van der Waals surface area contributed by atoms with Gasteiger partial charge >= 0.3 is 213 Å². The van der Waals surface area contributed by atoms with Crippen molar-refractivity contribution < 1.29 is 18.6 Å². The monoisotopic (exact) mass is 834 g/mol. The van der Waals surface area contributed by atoms with Gasteiger partial charge in [-0.2, -0.15) is 0 Å². The van der Waals surface area contributed by atoms with Crippen LogP contribution in [0.3, 0.4) is 0 Å². The molecule has 0 fully saturated rings. The molecule has 0 aliphatic carbocycles. The number of carbonyl (C=O) groups excluding carboxylic acids is 2. The van der Waals surface area contributed by atoms with Crippen LogP contribution in [0.5, 0.6) is 0 Å². The van der Waals surface area contributed by atoms with Gasteiger partial charge in [0.15, 0.2) is 0 Å². The Bertz CT molecular complexity index is 861. The predicted octanol–water partition coefficient (Wildman–Crippen LogP) is 17.6. The Hall–Kier alpha value is -0.830. The van der Waals surface area contributed by atoms with E-state index in [9.17, 15) is 9.59 Å². The molecule has 4 nitrogen and oxygen atoms in total. The van der Waals surface area contributed by atoms with Crippen molar-refractivity contribution in [3.63, 3.8) is 0 Å². The van der Waals surface area contributed by atoms with E-state index in [1.807, 2.05) is 0 Å². The standard InChI is InChI=1S/C53H104NO3P/c1-6-8-10-12-14-16-18-20-22-24-26-28-30-32-34-36-38-40-42-44-46-48-52(55)58(57-51-50-54(3,4)5)53(56)49-47-45-43-41-39-37-35-33-31-29-27-25-23-21-19-17-15-13-11-9-7-2/h20-23,58H,6-19,24-51H2,1-5H3. The summed E-state index contributed by atoms with van der Waals surface area (Å²) in [6, 6.07) is 0. The van der Waals surface area contributed by atoms with Crippen LogP contribution < -0.4 is 0 Å². The van der Waals surface area contributed by atoms with Gasteiger partial charge < -0.3 is 0 Å². The first-order chi connectivity index (χ1) is 28.3. The van der Waals surface area contributed by atoms with Crippen molar-refractivity contribution in [3.8, 4) is 0 Å². The van der Waals surface area contributed by atoms with Crippen LogP contribution in [0.2, 0.25) is 0 Å². The maximum atomic E-state index is 13.2. The molecule has 0 N–H and O–H groups in total. The zero-order chi connectivity index (χ0) is 42.5. The minimum absolute atomic E-state index is 0.115. The van der Waals surface area contributed by atoms with Crippen LogP contribution in [0.4, 0.5) is 0 Å². The second kappa shape index (κ2) is 45.7. The van der Waals surface area contributed by atoms with Crippen LogP contribution in [0.25, 0.3) is 0 Å². The number of hydrogen-bond acceptors (Lipinski definition) is 3. The van der Waals surface area contributed by atoms with Gasteiger partial charge in [-0.3, -0.25) is 0 Å². The third kappa shape index (κ3) is 44.7. The molecule has 0 aromatic rings. The summed E-state index contributed by atoms with van der Waals surface area (Å²) >= 11 is 0. The van der Waals surface area contributed by atoms with Crippen LogP contribution in [0, 0.1) is 0 Å². The van der Waals surface area contributed by atoms with Crippen molar-refractivity contribution in [3.05, 3.63) is 24.3 Å². The topological polar surface area (TPSA) is 43.4 Å². The number of nitrogens with zero attached hydrogens (tertiary/aromatic N) is 1. The minimum atomic E-state index is -2.07. The van der Waals surface area contributed by atoms with Crippen molar-refractivity contribution in [2.24, 2.45) is 0 Å². The Labute approximate surface area is 365 Å². The molecule has 0 radical (unpaired) electrons. The molecule has 5 heteroatoms. The number of carbonyl (C=O) groups is 2. The van der Waals surface area contributed by atoms with E-state index in [4.69, 9.17) is 4.52 Å². The van der Waals surface area contributed by atoms with Gasteiger partial charge in [-0.05, 0) is 51.4 Å². The van der Waals surface area contributed by atoms with Crippen LogP contribution in [0.15, 0.2) is 24.3 Å². The normalized spacial score (nSPS) is 13.0. The molecule has 0 heterocycles. The first-order valence-electron chi connectivity index (χ1n) is 26.0. The third-order valence-corrected chi connectivity index (χ3v) is 13.9. The zero-order valence-corrected chi connectivity index (χ0v) is 41.2. The maximum absolute atomic E-state index is 13.2. The molecule has 0 atom stereocenters. The summed E-state index contributed by atoms with van der Waals surface area (Å²) < 4.78 is 6.90. The Morgan fingerprint density at radius 1 is 0.379 bits per heavy atom. The van der Waals surface area contributed by atoms with Gasteiger partial charge in [0.05, 0.1) is 0 Å². The van der Waals surface area contributed by atoms with E-state index in [0.29, 0.717) is 19.4 Å². The fourth-order valence-corrected chi connectivity index (χ4v) is 9.54. The molecule has 0 aromatic carbocycles. The molecule has 0 aliphatic heterocycles. The van der Waals surface area contributed by atoms with Crippen molar-refractivity contribution in [2.75, 3.05) is 34.3 Å². The Balaban J connectivity index is 3.89. The molecule has 344 valence electrons. The van der Waals surface area contributed by atoms with Gasteiger partial charge in [-0.15, -0.1) is 0 Å². The summed E-state index contributed by atoms with van der Waals surface area (Å²) in [5.74, 6) is 0. The number of likely N-dealkylation sites (N-methyl/N-ethyl adjacent to an activating group) is 1. The van der Waals surface area contributed by atoms with Gasteiger partial charge in [0, 0.05) is 0 Å². The van der Waals surface area contributed by atoms with E-state index >= 15 is 0 Å². The molecular formula is C53H104NO3P. The van der Waals surface area contributed by atoms with Gasteiger partial charge in [0.25, 0.3) is 0 Å². The number of rotatable bonds is 48. The van der Waals surface area contributed by atoms with E-state index in [1.165, 1.54) is 218 Å². The molecule has 0 aliphatic rings. The van der Waals surface area contributed by atoms with E-state index in [0.717, 1.165) is 36.7 Å². The fraction of sp³-hybridized carbons (Fsp3) is 0.887. The Morgan fingerprint density at radius 3 is 0.879 bits per heavy atom. The third-order valence-electron chi connectivity index (χ3n) is 11.8. The van der Waals surface area contributed by atoms with Crippen molar-refractivity contribution in [1.82, 2.24) is 0 Å². The first-order valence-corrected chi connectivity index (χ1v) is 27.4. The van der Waals surface area contributed by atoms with Crippen molar-refractivity contribution in [2.45, 2.75) is 271 Å². The van der Waals surface area contributed by atoms with E-state index in [2.05, 4.69) is 59.3 Å². The number of unbranched alkanes of at least 4 members (excludes halogenated alkanes) is 34. The van der Waals surface area contributed by atoms with Gasteiger partial charge in [0.2, 0.25) is 0 Å². The second-order valence-electron chi connectivity index (χ2n) is 18.9. The molecule has 0 saturated carbocycles. The van der Waals surface area contributed by atoms with Crippen LogP contribution in [-0.2, 0) is 14.1 Å². The SMILES string of the molecule is CCCCCCCCC=CCCCCCCCCCCCCCC(=O)[PH-](OCC[N+](C)(C)C)C(=O)CCCCCCCCCCCCCC=CCCCCCCCC. The zero-order valence-electron chi connectivity index (χ0n) is 40.2. The van der Waals surface area contributed by atoms with Crippen LogP contribution >= 0.6 is 8.15 Å². The number of quaternary nitrogens is 1. The molecule has 0 spiro atoms. The minimum Gasteiger partial charge on any atom is -0.0885 e. The molecular weight excluding hydrogens is 730 g/mol.